The van der Waals surface area contributed by atoms with Crippen LogP contribution in [-0.4, -0.2) is 62.8 Å². The van der Waals surface area contributed by atoms with Gasteiger partial charge in [-0.2, -0.15) is 4.31 Å². The van der Waals surface area contributed by atoms with Gasteiger partial charge in [0.1, 0.15) is 0 Å². The second kappa shape index (κ2) is 8.97. The van der Waals surface area contributed by atoms with E-state index in [-0.39, 0.29) is 16.8 Å². The first-order valence-electron chi connectivity index (χ1n) is 9.35. The summed E-state index contributed by atoms with van der Waals surface area (Å²) in [5.74, 6) is 0.515. The summed E-state index contributed by atoms with van der Waals surface area (Å²) in [5.41, 5.74) is 0.438. The maximum atomic E-state index is 12.8. The van der Waals surface area contributed by atoms with E-state index in [0.717, 1.165) is 39.0 Å². The quantitative estimate of drug-likeness (QED) is 0.786. The second-order valence-corrected chi connectivity index (χ2v) is 9.18. The van der Waals surface area contributed by atoms with Crippen LogP contribution in [0.15, 0.2) is 29.2 Å². The molecular formula is C19H31N3O3S. The van der Waals surface area contributed by atoms with Crippen molar-refractivity contribution < 1.29 is 13.2 Å². The minimum atomic E-state index is -3.59. The number of sulfonamides is 1. The van der Waals surface area contributed by atoms with Crippen LogP contribution in [0.4, 0.5) is 0 Å². The molecule has 0 aliphatic carbocycles. The lowest BCUT2D eigenvalue weighted by atomic mass is 9.96. The third kappa shape index (κ3) is 4.84. The highest BCUT2D eigenvalue weighted by molar-refractivity contribution is 7.89. The van der Waals surface area contributed by atoms with Gasteiger partial charge in [0.25, 0.3) is 5.91 Å². The number of benzene rings is 1. The van der Waals surface area contributed by atoms with Crippen LogP contribution in [0.25, 0.3) is 0 Å². The molecule has 0 saturated carbocycles. The molecule has 0 bridgehead atoms. The van der Waals surface area contributed by atoms with Gasteiger partial charge in [-0.1, -0.05) is 13.0 Å². The van der Waals surface area contributed by atoms with Crippen LogP contribution in [-0.2, 0) is 10.0 Å². The first-order valence-corrected chi connectivity index (χ1v) is 10.8. The molecule has 7 heteroatoms. The van der Waals surface area contributed by atoms with Crippen molar-refractivity contribution in [2.75, 3.05) is 33.2 Å². The van der Waals surface area contributed by atoms with Gasteiger partial charge in [0.15, 0.2) is 0 Å². The predicted octanol–water partition coefficient (Wildman–Crippen LogP) is 2.18. The summed E-state index contributed by atoms with van der Waals surface area (Å²) in [6, 6.07) is 6.25. The lowest BCUT2D eigenvalue weighted by Crippen LogP contribution is -2.40. The fourth-order valence-electron chi connectivity index (χ4n) is 3.10. The number of hydrogen-bond donors (Lipinski definition) is 1. The number of carbonyl (C=O) groups is 1. The van der Waals surface area contributed by atoms with E-state index in [0.29, 0.717) is 11.5 Å². The van der Waals surface area contributed by atoms with Gasteiger partial charge in [-0.25, -0.2) is 8.42 Å². The summed E-state index contributed by atoms with van der Waals surface area (Å²) >= 11 is 0. The molecular weight excluding hydrogens is 350 g/mol. The Hall–Kier alpha value is -1.44. The molecule has 1 amide bonds. The standard InChI is InChI=1S/C19H31N3O3S/c1-5-20-14-16-9-11-22(12-10-16)19(23)17-7-6-8-18(13-17)26(24,25)21(4)15(2)3/h6-8,13,15-16,20H,5,9-12,14H2,1-4H3. The van der Waals surface area contributed by atoms with Crippen molar-refractivity contribution in [1.82, 2.24) is 14.5 Å². The SMILES string of the molecule is CCNCC1CCN(C(=O)c2cccc(S(=O)(=O)N(C)C(C)C)c2)CC1. The van der Waals surface area contributed by atoms with Gasteiger partial charge >= 0.3 is 0 Å². The van der Waals surface area contributed by atoms with E-state index in [1.807, 2.05) is 18.7 Å². The number of piperidine rings is 1. The first-order chi connectivity index (χ1) is 12.3. The zero-order valence-corrected chi connectivity index (χ0v) is 17.1. The molecule has 26 heavy (non-hydrogen) atoms. The van der Waals surface area contributed by atoms with E-state index in [2.05, 4.69) is 12.2 Å². The van der Waals surface area contributed by atoms with Gasteiger partial charge in [0, 0.05) is 31.7 Å². The van der Waals surface area contributed by atoms with E-state index in [1.54, 1.807) is 25.2 Å². The molecule has 2 rings (SSSR count). The van der Waals surface area contributed by atoms with Crippen molar-refractivity contribution in [2.24, 2.45) is 5.92 Å². The maximum Gasteiger partial charge on any atom is 0.253 e. The van der Waals surface area contributed by atoms with Gasteiger partial charge in [-0.05, 0) is 63.9 Å². The van der Waals surface area contributed by atoms with Crippen molar-refractivity contribution in [3.05, 3.63) is 29.8 Å². The van der Waals surface area contributed by atoms with E-state index < -0.39 is 10.0 Å². The van der Waals surface area contributed by atoms with E-state index in [1.165, 1.54) is 10.4 Å². The van der Waals surface area contributed by atoms with Crippen molar-refractivity contribution >= 4 is 15.9 Å². The number of likely N-dealkylation sites (tertiary alicyclic amines) is 1. The van der Waals surface area contributed by atoms with Crippen molar-refractivity contribution in [3.63, 3.8) is 0 Å². The summed E-state index contributed by atoms with van der Waals surface area (Å²) in [7, 11) is -2.03. The van der Waals surface area contributed by atoms with Gasteiger partial charge < -0.3 is 10.2 Å². The largest absolute Gasteiger partial charge is 0.339 e. The van der Waals surface area contributed by atoms with Gasteiger partial charge in [-0.15, -0.1) is 0 Å². The van der Waals surface area contributed by atoms with Crippen LogP contribution in [0.2, 0.25) is 0 Å². The van der Waals surface area contributed by atoms with Crippen LogP contribution < -0.4 is 5.32 Å². The zero-order valence-electron chi connectivity index (χ0n) is 16.2. The first kappa shape index (κ1) is 20.9. The van der Waals surface area contributed by atoms with E-state index >= 15 is 0 Å². The fourth-order valence-corrected chi connectivity index (χ4v) is 4.52. The molecule has 0 aromatic heterocycles. The minimum absolute atomic E-state index is 0.0869. The Bertz CT molecular complexity index is 710. The number of amides is 1. The molecule has 0 unspecified atom stereocenters. The van der Waals surface area contributed by atoms with Gasteiger partial charge in [0.05, 0.1) is 4.90 Å². The number of rotatable bonds is 7. The lowest BCUT2D eigenvalue weighted by Gasteiger charge is -2.32. The van der Waals surface area contributed by atoms with Crippen LogP contribution in [0.1, 0.15) is 44.0 Å². The Morgan fingerprint density at radius 1 is 1.31 bits per heavy atom. The maximum absolute atomic E-state index is 12.8. The molecule has 1 aliphatic rings. The molecule has 1 aromatic rings. The fraction of sp³-hybridized carbons (Fsp3) is 0.632. The Morgan fingerprint density at radius 3 is 2.54 bits per heavy atom. The van der Waals surface area contributed by atoms with Crippen molar-refractivity contribution in [3.8, 4) is 0 Å². The average Bonchev–Trinajstić information content (AvgIpc) is 2.65. The Morgan fingerprint density at radius 2 is 1.96 bits per heavy atom. The van der Waals surface area contributed by atoms with Crippen LogP contribution in [0.5, 0.6) is 0 Å². The number of nitrogens with one attached hydrogen (secondary N) is 1. The van der Waals surface area contributed by atoms with Gasteiger partial charge in [0.2, 0.25) is 10.0 Å². The molecule has 1 heterocycles. The second-order valence-electron chi connectivity index (χ2n) is 7.19. The highest BCUT2D eigenvalue weighted by Crippen LogP contribution is 2.21. The van der Waals surface area contributed by atoms with Crippen molar-refractivity contribution in [1.29, 1.82) is 0 Å². The molecule has 1 aliphatic heterocycles. The van der Waals surface area contributed by atoms with E-state index in [9.17, 15) is 13.2 Å². The highest BCUT2D eigenvalue weighted by atomic mass is 32.2. The smallest absolute Gasteiger partial charge is 0.253 e. The molecule has 6 nitrogen and oxygen atoms in total. The molecule has 1 aromatic carbocycles. The third-order valence-corrected chi connectivity index (χ3v) is 7.10. The van der Waals surface area contributed by atoms with Gasteiger partial charge in [-0.3, -0.25) is 4.79 Å². The molecule has 0 spiro atoms. The highest BCUT2D eigenvalue weighted by Gasteiger charge is 2.26. The normalized spacial score (nSPS) is 16.5. The molecule has 1 saturated heterocycles. The Kier molecular flexibility index (Phi) is 7.20. The average molecular weight is 382 g/mol. The molecule has 146 valence electrons. The molecule has 0 radical (unpaired) electrons. The number of carbonyl (C=O) groups excluding carboxylic acids is 1. The summed E-state index contributed by atoms with van der Waals surface area (Å²) in [4.78, 5) is 14.8. The lowest BCUT2D eigenvalue weighted by molar-refractivity contribution is 0.0690. The van der Waals surface area contributed by atoms with Crippen LogP contribution in [0, 0.1) is 5.92 Å². The van der Waals surface area contributed by atoms with E-state index in [4.69, 9.17) is 0 Å². The zero-order chi connectivity index (χ0) is 19.3. The summed E-state index contributed by atoms with van der Waals surface area (Å²) in [6.07, 6.45) is 1.96. The summed E-state index contributed by atoms with van der Waals surface area (Å²) in [5, 5.41) is 3.36. The monoisotopic (exact) mass is 381 g/mol. The van der Waals surface area contributed by atoms with Crippen molar-refractivity contribution in [2.45, 2.75) is 44.6 Å². The minimum Gasteiger partial charge on any atom is -0.339 e. The summed E-state index contributed by atoms with van der Waals surface area (Å²) in [6.45, 7) is 9.14. The van der Waals surface area contributed by atoms with Crippen LogP contribution in [0.3, 0.4) is 0 Å². The third-order valence-electron chi connectivity index (χ3n) is 5.07. The molecule has 1 fully saturated rings. The number of hydrogen-bond acceptors (Lipinski definition) is 4. The predicted molar refractivity (Wildman–Crippen MR) is 104 cm³/mol. The molecule has 0 atom stereocenters. The topological polar surface area (TPSA) is 69.7 Å². The summed E-state index contributed by atoms with van der Waals surface area (Å²) < 4.78 is 26.6. The Balaban J connectivity index is 2.10. The van der Waals surface area contributed by atoms with Crippen LogP contribution >= 0.6 is 0 Å². The Labute approximate surface area is 157 Å². The number of nitrogens with zero attached hydrogens (tertiary/aromatic N) is 2. The molecule has 1 N–H and O–H groups in total.